The summed E-state index contributed by atoms with van der Waals surface area (Å²) in [6.45, 7) is 2.05. The van der Waals surface area contributed by atoms with Crippen LogP contribution in [0.2, 0.25) is 0 Å². The Balaban J connectivity index is 2.17. The summed E-state index contributed by atoms with van der Waals surface area (Å²) in [6, 6.07) is 10.0. The first-order valence-electron chi connectivity index (χ1n) is 7.30. The van der Waals surface area contributed by atoms with E-state index in [-0.39, 0.29) is 13.2 Å². The van der Waals surface area contributed by atoms with Crippen molar-refractivity contribution in [3.63, 3.8) is 0 Å². The average Bonchev–Trinajstić information content (AvgIpc) is 2.84. The fourth-order valence-electron chi connectivity index (χ4n) is 2.73. The van der Waals surface area contributed by atoms with Gasteiger partial charge in [-0.3, -0.25) is 9.08 Å². The van der Waals surface area contributed by atoms with Gasteiger partial charge in [-0.1, -0.05) is 35.5 Å². The van der Waals surface area contributed by atoms with Gasteiger partial charge in [-0.15, -0.1) is 0 Å². The zero-order chi connectivity index (χ0) is 16.9. The number of rotatable bonds is 7. The molecule has 0 bridgehead atoms. The quantitative estimate of drug-likeness (QED) is 0.571. The molecule has 2 rings (SSSR count). The predicted octanol–water partition coefficient (Wildman–Crippen LogP) is 0.426. The number of oxime groups is 1. The summed E-state index contributed by atoms with van der Waals surface area (Å²) >= 11 is 0. The molecule has 0 amide bonds. The largest absolute Gasteiger partial charge is 0.399 e. The number of hydrogen-bond acceptors (Lipinski definition) is 7. The third kappa shape index (κ3) is 4.74. The van der Waals surface area contributed by atoms with E-state index >= 15 is 0 Å². The molecule has 1 aromatic carbocycles. The number of likely N-dealkylation sites (tertiary alicyclic amines) is 1. The normalized spacial score (nSPS) is 24.2. The molecule has 0 radical (unpaired) electrons. The van der Waals surface area contributed by atoms with E-state index in [1.165, 1.54) is 12.7 Å². The van der Waals surface area contributed by atoms with Crippen LogP contribution >= 0.6 is 0 Å². The molecule has 7 nitrogen and oxygen atoms in total. The zero-order valence-corrected chi connectivity index (χ0v) is 14.3. The molecule has 1 aromatic rings. The molecule has 1 atom stereocenters. The van der Waals surface area contributed by atoms with E-state index < -0.39 is 15.5 Å². The van der Waals surface area contributed by atoms with E-state index in [1.807, 2.05) is 30.3 Å². The molecule has 1 fully saturated rings. The van der Waals surface area contributed by atoms with E-state index in [0.29, 0.717) is 18.8 Å². The Bertz CT molecular complexity index is 648. The number of hydrogen-bond donors (Lipinski definition) is 1. The van der Waals surface area contributed by atoms with Crippen LogP contribution in [-0.4, -0.2) is 58.6 Å². The highest BCUT2D eigenvalue weighted by atomic mass is 32.2. The van der Waals surface area contributed by atoms with Gasteiger partial charge in [0.15, 0.2) is 0 Å². The lowest BCUT2D eigenvalue weighted by Gasteiger charge is -2.27. The lowest BCUT2D eigenvalue weighted by molar-refractivity contribution is 0.177. The highest BCUT2D eigenvalue weighted by Gasteiger charge is 2.44. The van der Waals surface area contributed by atoms with E-state index in [9.17, 15) is 8.42 Å². The van der Waals surface area contributed by atoms with Gasteiger partial charge < -0.3 is 10.6 Å². The van der Waals surface area contributed by atoms with E-state index in [2.05, 4.69) is 10.1 Å². The summed E-state index contributed by atoms with van der Waals surface area (Å²) in [5, 5.41) is 4.06. The van der Waals surface area contributed by atoms with Crippen LogP contribution < -0.4 is 5.73 Å². The Kier molecular flexibility index (Phi) is 5.74. The Hall–Kier alpha value is -1.48. The third-order valence-electron chi connectivity index (χ3n) is 3.90. The molecule has 23 heavy (non-hydrogen) atoms. The molecule has 128 valence electrons. The lowest BCUT2D eigenvalue weighted by atomic mass is 9.86. The van der Waals surface area contributed by atoms with Crippen molar-refractivity contribution in [2.45, 2.75) is 6.54 Å². The summed E-state index contributed by atoms with van der Waals surface area (Å²) in [6.07, 6.45) is 1.03. The minimum absolute atomic E-state index is 0.0319. The number of benzene rings is 1. The topological polar surface area (TPSA) is 94.2 Å². The van der Waals surface area contributed by atoms with Crippen molar-refractivity contribution in [2.75, 3.05) is 39.6 Å². The lowest BCUT2D eigenvalue weighted by Crippen LogP contribution is -2.43. The van der Waals surface area contributed by atoms with Crippen molar-refractivity contribution < 1.29 is 17.4 Å². The molecule has 1 saturated heterocycles. The highest BCUT2D eigenvalue weighted by molar-refractivity contribution is 7.85. The maximum absolute atomic E-state index is 11.3. The highest BCUT2D eigenvalue weighted by Crippen LogP contribution is 2.29. The summed E-state index contributed by atoms with van der Waals surface area (Å²) < 4.78 is 27.7. The van der Waals surface area contributed by atoms with E-state index in [1.54, 1.807) is 0 Å². The smallest absolute Gasteiger partial charge is 0.264 e. The van der Waals surface area contributed by atoms with Gasteiger partial charge in [0.1, 0.15) is 7.11 Å². The standard InChI is InChI=1S/C15H23N3O4S/c1-21-17-14-9-18(8-13-6-4-3-5-7-13)11-15(14,10-16)12-22-23(2,19)20/h3-7H,8-12,16H2,1-2H3/b17-14+. The second-order valence-electron chi connectivity index (χ2n) is 5.80. The zero-order valence-electron chi connectivity index (χ0n) is 13.4. The third-order valence-corrected chi connectivity index (χ3v) is 4.45. The molecule has 2 N–H and O–H groups in total. The molecule has 0 aliphatic carbocycles. The van der Waals surface area contributed by atoms with E-state index in [0.717, 1.165) is 12.8 Å². The number of nitrogens with two attached hydrogens (primary N) is 1. The average molecular weight is 341 g/mol. The van der Waals surface area contributed by atoms with Crippen molar-refractivity contribution in [3.8, 4) is 0 Å². The van der Waals surface area contributed by atoms with Gasteiger partial charge in [-0.2, -0.15) is 8.42 Å². The van der Waals surface area contributed by atoms with Gasteiger partial charge in [0.2, 0.25) is 0 Å². The van der Waals surface area contributed by atoms with Gasteiger partial charge in [-0.05, 0) is 5.56 Å². The summed E-state index contributed by atoms with van der Waals surface area (Å²) in [5.74, 6) is 0. The fraction of sp³-hybridized carbons (Fsp3) is 0.533. The van der Waals surface area contributed by atoms with Gasteiger partial charge in [0.25, 0.3) is 10.1 Å². The minimum Gasteiger partial charge on any atom is -0.399 e. The van der Waals surface area contributed by atoms with Crippen LogP contribution in [0.1, 0.15) is 5.56 Å². The molecule has 8 heteroatoms. The molecular weight excluding hydrogens is 318 g/mol. The van der Waals surface area contributed by atoms with Crippen molar-refractivity contribution in [2.24, 2.45) is 16.3 Å². The molecule has 1 aliphatic heterocycles. The second kappa shape index (κ2) is 7.39. The first kappa shape index (κ1) is 17.9. The van der Waals surface area contributed by atoms with Crippen LogP contribution in [0.25, 0.3) is 0 Å². The van der Waals surface area contributed by atoms with Crippen molar-refractivity contribution in [3.05, 3.63) is 35.9 Å². The van der Waals surface area contributed by atoms with Gasteiger partial charge in [-0.25, -0.2) is 0 Å². The maximum atomic E-state index is 11.3. The minimum atomic E-state index is -3.54. The molecule has 0 saturated carbocycles. The molecule has 0 spiro atoms. The Morgan fingerprint density at radius 1 is 1.35 bits per heavy atom. The van der Waals surface area contributed by atoms with Crippen LogP contribution in [0.3, 0.4) is 0 Å². The first-order chi connectivity index (χ1) is 10.9. The molecular formula is C15H23N3O4S. The van der Waals surface area contributed by atoms with Crippen LogP contribution in [0.5, 0.6) is 0 Å². The van der Waals surface area contributed by atoms with Crippen LogP contribution in [0, 0.1) is 5.41 Å². The Morgan fingerprint density at radius 3 is 2.61 bits per heavy atom. The second-order valence-corrected chi connectivity index (χ2v) is 7.45. The molecule has 0 aromatic heterocycles. The van der Waals surface area contributed by atoms with Gasteiger partial charge in [0, 0.05) is 26.2 Å². The Labute approximate surface area is 137 Å². The summed E-state index contributed by atoms with van der Waals surface area (Å²) in [4.78, 5) is 7.07. The van der Waals surface area contributed by atoms with Crippen LogP contribution in [0.15, 0.2) is 35.5 Å². The fourth-order valence-corrected chi connectivity index (χ4v) is 3.17. The monoisotopic (exact) mass is 341 g/mol. The summed E-state index contributed by atoms with van der Waals surface area (Å²) in [5.41, 5.74) is 7.16. The van der Waals surface area contributed by atoms with Crippen molar-refractivity contribution in [1.82, 2.24) is 4.90 Å². The van der Waals surface area contributed by atoms with Gasteiger partial charge in [0.05, 0.1) is 24.0 Å². The van der Waals surface area contributed by atoms with Crippen LogP contribution in [0.4, 0.5) is 0 Å². The maximum Gasteiger partial charge on any atom is 0.264 e. The molecule has 1 unspecified atom stereocenters. The van der Waals surface area contributed by atoms with Crippen LogP contribution in [-0.2, 0) is 25.7 Å². The molecule has 1 aliphatic rings. The first-order valence-corrected chi connectivity index (χ1v) is 9.11. The Morgan fingerprint density at radius 2 is 2.04 bits per heavy atom. The summed E-state index contributed by atoms with van der Waals surface area (Å²) in [7, 11) is -2.08. The SMILES string of the molecule is CO/N=C1\CN(Cc2ccccc2)CC1(CN)COS(C)(=O)=O. The number of nitrogens with zero attached hydrogens (tertiary/aromatic N) is 2. The van der Waals surface area contributed by atoms with E-state index in [4.69, 9.17) is 14.8 Å². The van der Waals surface area contributed by atoms with Crippen molar-refractivity contribution >= 4 is 15.8 Å². The van der Waals surface area contributed by atoms with Crippen molar-refractivity contribution in [1.29, 1.82) is 0 Å². The van der Waals surface area contributed by atoms with Gasteiger partial charge >= 0.3 is 0 Å². The molecule has 1 heterocycles. The predicted molar refractivity (Wildman–Crippen MR) is 88.4 cm³/mol.